The highest BCUT2D eigenvalue weighted by Crippen LogP contribution is 2.26. The van der Waals surface area contributed by atoms with Gasteiger partial charge in [0.2, 0.25) is 17.7 Å². The van der Waals surface area contributed by atoms with Crippen LogP contribution in [-0.2, 0) is 38.6 Å². The van der Waals surface area contributed by atoms with Crippen LogP contribution in [0.1, 0.15) is 39.9 Å². The van der Waals surface area contributed by atoms with E-state index >= 15 is 0 Å². The van der Waals surface area contributed by atoms with E-state index in [0.29, 0.717) is 28.8 Å². The summed E-state index contributed by atoms with van der Waals surface area (Å²) >= 11 is 0. The van der Waals surface area contributed by atoms with E-state index < -0.39 is 29.9 Å². The van der Waals surface area contributed by atoms with Crippen LogP contribution in [0.5, 0.6) is 0 Å². The van der Waals surface area contributed by atoms with Gasteiger partial charge in [-0.25, -0.2) is 9.69 Å². The van der Waals surface area contributed by atoms with E-state index in [-0.39, 0.29) is 37.6 Å². The molecule has 5 rings (SSSR count). The van der Waals surface area contributed by atoms with Gasteiger partial charge in [-0.2, -0.15) is 0 Å². The van der Waals surface area contributed by atoms with E-state index in [1.807, 2.05) is 30.3 Å². The quantitative estimate of drug-likeness (QED) is 0.436. The number of aliphatic carboxylic acids is 1. The molecular weight excluding hydrogens is 498 g/mol. The molecule has 0 aliphatic carbocycles. The minimum Gasteiger partial charge on any atom is -0.480 e. The van der Waals surface area contributed by atoms with Crippen molar-refractivity contribution in [2.45, 2.75) is 44.3 Å². The minimum absolute atomic E-state index is 0.00850. The van der Waals surface area contributed by atoms with Gasteiger partial charge in [-0.3, -0.25) is 19.2 Å². The SMILES string of the molecule is O=C(O)[C@H](Cc1ccc(N2C(=O)Cc3ccccc3C2=O)cc1)NC(=O)[C@@H]1CCC(=O)N1Cc1ccccc1. The zero-order chi connectivity index (χ0) is 27.5. The van der Waals surface area contributed by atoms with Crippen LogP contribution in [0.15, 0.2) is 78.9 Å². The Morgan fingerprint density at radius 2 is 1.56 bits per heavy atom. The number of nitrogens with one attached hydrogen (secondary N) is 1. The smallest absolute Gasteiger partial charge is 0.326 e. The zero-order valence-electron chi connectivity index (χ0n) is 21.1. The number of benzene rings is 3. The number of anilines is 1. The van der Waals surface area contributed by atoms with E-state index in [9.17, 15) is 29.1 Å². The van der Waals surface area contributed by atoms with E-state index in [1.54, 1.807) is 48.5 Å². The Labute approximate surface area is 225 Å². The van der Waals surface area contributed by atoms with Crippen LogP contribution >= 0.6 is 0 Å². The Morgan fingerprint density at radius 1 is 0.872 bits per heavy atom. The summed E-state index contributed by atoms with van der Waals surface area (Å²) in [6, 6.07) is 20.8. The average Bonchev–Trinajstić information content (AvgIpc) is 3.29. The fraction of sp³-hybridized carbons (Fsp3) is 0.233. The normalized spacial score (nSPS) is 17.6. The van der Waals surface area contributed by atoms with E-state index in [2.05, 4.69) is 5.32 Å². The number of carboxylic acids is 1. The van der Waals surface area contributed by atoms with Crippen molar-refractivity contribution in [1.82, 2.24) is 10.2 Å². The highest BCUT2D eigenvalue weighted by atomic mass is 16.4. The molecule has 4 amide bonds. The third kappa shape index (κ3) is 5.43. The molecule has 0 radical (unpaired) electrons. The maximum absolute atomic E-state index is 13.1. The number of nitrogens with zero attached hydrogens (tertiary/aromatic N) is 2. The van der Waals surface area contributed by atoms with Gasteiger partial charge >= 0.3 is 5.97 Å². The molecule has 2 N–H and O–H groups in total. The van der Waals surface area contributed by atoms with Crippen molar-refractivity contribution in [3.8, 4) is 0 Å². The first-order valence-corrected chi connectivity index (χ1v) is 12.7. The standard InChI is InChI=1S/C30H27N3O6/c34-26-15-14-25(32(26)18-20-6-2-1-3-7-20)28(36)31-24(30(38)39)16-19-10-12-22(13-11-19)33-27(35)17-21-8-4-5-9-23(21)29(33)37/h1-13,24-25H,14-18H2,(H,31,36)(H,38,39)/t24-,25-/m0/s1. The largest absolute Gasteiger partial charge is 0.480 e. The lowest BCUT2D eigenvalue weighted by Crippen LogP contribution is -2.50. The van der Waals surface area contributed by atoms with Crippen molar-refractivity contribution in [2.75, 3.05) is 4.90 Å². The van der Waals surface area contributed by atoms with Crippen LogP contribution in [0.2, 0.25) is 0 Å². The Hall–Kier alpha value is -4.79. The maximum atomic E-state index is 13.1. The number of likely N-dealkylation sites (tertiary alicyclic amines) is 1. The molecule has 0 saturated carbocycles. The second-order valence-electron chi connectivity index (χ2n) is 9.70. The van der Waals surface area contributed by atoms with Gasteiger partial charge in [-0.05, 0) is 41.3 Å². The first kappa shape index (κ1) is 25.8. The van der Waals surface area contributed by atoms with Crippen LogP contribution in [0.3, 0.4) is 0 Å². The number of hydrogen-bond acceptors (Lipinski definition) is 5. The van der Waals surface area contributed by atoms with E-state index in [4.69, 9.17) is 0 Å². The number of amides is 4. The number of carbonyl (C=O) groups excluding carboxylic acids is 4. The number of rotatable bonds is 8. The van der Waals surface area contributed by atoms with Crippen LogP contribution in [-0.4, -0.2) is 51.7 Å². The lowest BCUT2D eigenvalue weighted by molar-refractivity contribution is -0.143. The Balaban J connectivity index is 1.26. The van der Waals surface area contributed by atoms with Crippen molar-refractivity contribution in [3.63, 3.8) is 0 Å². The molecular formula is C30H27N3O6. The zero-order valence-corrected chi connectivity index (χ0v) is 21.1. The van der Waals surface area contributed by atoms with Crippen LogP contribution in [0.4, 0.5) is 5.69 Å². The van der Waals surface area contributed by atoms with Crippen molar-refractivity contribution in [2.24, 2.45) is 0 Å². The molecule has 9 heteroatoms. The Morgan fingerprint density at radius 3 is 2.28 bits per heavy atom. The van der Waals surface area contributed by atoms with Crippen molar-refractivity contribution >= 4 is 35.3 Å². The summed E-state index contributed by atoms with van der Waals surface area (Å²) in [7, 11) is 0. The Kier molecular flexibility index (Phi) is 7.23. The Bertz CT molecular complexity index is 1440. The molecule has 2 aliphatic heterocycles. The van der Waals surface area contributed by atoms with Crippen molar-refractivity contribution in [1.29, 1.82) is 0 Å². The average molecular weight is 526 g/mol. The monoisotopic (exact) mass is 525 g/mol. The van der Waals surface area contributed by atoms with Gasteiger partial charge in [0, 0.05) is 24.9 Å². The molecule has 0 unspecified atom stereocenters. The van der Waals surface area contributed by atoms with Crippen molar-refractivity contribution < 1.29 is 29.1 Å². The summed E-state index contributed by atoms with van der Waals surface area (Å²) in [4.78, 5) is 65.8. The molecule has 1 fully saturated rings. The van der Waals surface area contributed by atoms with Gasteiger partial charge in [0.15, 0.2) is 0 Å². The molecule has 2 atom stereocenters. The fourth-order valence-electron chi connectivity index (χ4n) is 5.09. The van der Waals surface area contributed by atoms with Crippen LogP contribution in [0.25, 0.3) is 0 Å². The summed E-state index contributed by atoms with van der Waals surface area (Å²) in [5.41, 5.74) is 3.04. The molecule has 0 spiro atoms. The van der Waals surface area contributed by atoms with Crippen LogP contribution < -0.4 is 10.2 Å². The first-order chi connectivity index (χ1) is 18.8. The molecule has 1 saturated heterocycles. The maximum Gasteiger partial charge on any atom is 0.326 e. The lowest BCUT2D eigenvalue weighted by Gasteiger charge is -2.27. The third-order valence-corrected chi connectivity index (χ3v) is 7.12. The fourth-order valence-corrected chi connectivity index (χ4v) is 5.09. The van der Waals surface area contributed by atoms with Gasteiger partial charge in [-0.1, -0.05) is 60.7 Å². The molecule has 0 aromatic heterocycles. The second kappa shape index (κ2) is 10.9. The van der Waals surface area contributed by atoms with Gasteiger partial charge in [0.25, 0.3) is 5.91 Å². The first-order valence-electron chi connectivity index (χ1n) is 12.7. The van der Waals surface area contributed by atoms with Gasteiger partial charge < -0.3 is 15.3 Å². The molecule has 2 aliphatic rings. The number of carbonyl (C=O) groups is 5. The van der Waals surface area contributed by atoms with Gasteiger partial charge in [-0.15, -0.1) is 0 Å². The number of imide groups is 1. The predicted molar refractivity (Wildman–Crippen MR) is 142 cm³/mol. The van der Waals surface area contributed by atoms with Gasteiger partial charge in [0.05, 0.1) is 12.1 Å². The molecule has 2 heterocycles. The summed E-state index contributed by atoms with van der Waals surface area (Å²) < 4.78 is 0. The second-order valence-corrected chi connectivity index (χ2v) is 9.70. The summed E-state index contributed by atoms with van der Waals surface area (Å²) in [5, 5.41) is 12.4. The van der Waals surface area contributed by atoms with Crippen molar-refractivity contribution in [3.05, 3.63) is 101 Å². The predicted octanol–water partition coefficient (Wildman–Crippen LogP) is 2.72. The molecule has 39 heavy (non-hydrogen) atoms. The summed E-state index contributed by atoms with van der Waals surface area (Å²) in [6.45, 7) is 0.273. The molecule has 3 aromatic carbocycles. The third-order valence-electron chi connectivity index (χ3n) is 7.12. The molecule has 0 bridgehead atoms. The van der Waals surface area contributed by atoms with Gasteiger partial charge in [0.1, 0.15) is 12.1 Å². The topological polar surface area (TPSA) is 124 Å². The number of hydrogen-bond donors (Lipinski definition) is 2. The molecule has 3 aromatic rings. The molecule has 9 nitrogen and oxygen atoms in total. The number of fused-ring (bicyclic) bond motifs is 1. The van der Waals surface area contributed by atoms with Crippen LogP contribution in [0, 0.1) is 0 Å². The minimum atomic E-state index is -1.22. The van der Waals surface area contributed by atoms with E-state index in [0.717, 1.165) is 10.5 Å². The highest BCUT2D eigenvalue weighted by molar-refractivity contribution is 6.24. The number of carboxylic acid groups (broad SMARTS) is 1. The highest BCUT2D eigenvalue weighted by Gasteiger charge is 2.37. The summed E-state index contributed by atoms with van der Waals surface area (Å²) in [6.07, 6.45) is 0.648. The summed E-state index contributed by atoms with van der Waals surface area (Å²) in [5.74, 6) is -2.61. The lowest BCUT2D eigenvalue weighted by atomic mass is 9.97. The molecule has 198 valence electrons. The van der Waals surface area contributed by atoms with E-state index in [1.165, 1.54) is 4.90 Å².